The molecule has 2 aliphatic heterocycles. The monoisotopic (exact) mass is 463 g/mol. The molecule has 7 nitrogen and oxygen atoms in total. The van der Waals surface area contributed by atoms with Crippen molar-refractivity contribution in [1.82, 2.24) is 19.8 Å². The minimum Gasteiger partial charge on any atom is -0.385 e. The van der Waals surface area contributed by atoms with Gasteiger partial charge in [0.1, 0.15) is 0 Å². The van der Waals surface area contributed by atoms with Gasteiger partial charge in [0.05, 0.1) is 17.7 Å². The van der Waals surface area contributed by atoms with E-state index >= 15 is 0 Å². The average molecular weight is 464 g/mol. The normalized spacial score (nSPS) is 19.9. The molecule has 4 rings (SSSR count). The van der Waals surface area contributed by atoms with Crippen LogP contribution in [-0.4, -0.2) is 76.6 Å². The second-order valence-electron chi connectivity index (χ2n) is 8.66. The van der Waals surface area contributed by atoms with Gasteiger partial charge in [-0.15, -0.1) is 0 Å². The fraction of sp³-hybridized carbons (Fsp3) is 0.522. The Morgan fingerprint density at radius 1 is 1.00 bits per heavy atom. The van der Waals surface area contributed by atoms with Crippen molar-refractivity contribution < 1.29 is 23.1 Å². The Morgan fingerprint density at radius 3 is 2.42 bits per heavy atom. The number of aromatic nitrogens is 2. The van der Waals surface area contributed by atoms with Crippen LogP contribution in [0.2, 0.25) is 0 Å². The van der Waals surface area contributed by atoms with E-state index in [2.05, 4.69) is 19.8 Å². The smallest absolute Gasteiger partial charge is 0.385 e. The number of carbonyl (C=O) groups is 1. The molecule has 2 saturated heterocycles. The Labute approximate surface area is 190 Å². The lowest BCUT2D eigenvalue weighted by molar-refractivity contribution is -0.137. The third-order valence-electron chi connectivity index (χ3n) is 6.45. The Balaban J connectivity index is 1.31. The maximum absolute atomic E-state index is 13.1. The van der Waals surface area contributed by atoms with Crippen molar-refractivity contribution in [3.05, 3.63) is 53.9 Å². The third kappa shape index (κ3) is 5.62. The zero-order valence-electron chi connectivity index (χ0n) is 18.3. The molecule has 1 amide bonds. The lowest BCUT2D eigenvalue weighted by atomic mass is 9.83. The molecule has 1 N–H and O–H groups in total. The zero-order chi connectivity index (χ0) is 23.5. The number of rotatable bonds is 4. The van der Waals surface area contributed by atoms with Gasteiger partial charge in [-0.3, -0.25) is 9.69 Å². The van der Waals surface area contributed by atoms with Crippen LogP contribution in [0.4, 0.5) is 19.1 Å². The molecule has 0 radical (unpaired) electrons. The summed E-state index contributed by atoms with van der Waals surface area (Å²) in [4.78, 5) is 27.4. The van der Waals surface area contributed by atoms with Gasteiger partial charge in [-0.05, 0) is 43.0 Å². The second kappa shape index (κ2) is 9.64. The summed E-state index contributed by atoms with van der Waals surface area (Å²) in [6.45, 7) is 3.95. The van der Waals surface area contributed by atoms with E-state index in [4.69, 9.17) is 0 Å². The molecule has 0 atom stereocenters. The van der Waals surface area contributed by atoms with Crippen LogP contribution < -0.4 is 4.90 Å². The molecule has 0 aliphatic carbocycles. The second-order valence-corrected chi connectivity index (χ2v) is 8.66. The quantitative estimate of drug-likeness (QED) is 0.752. The standard InChI is InChI=1S/C23H28F3N5O2/c24-23(25,26)19-5-1-4-18(16-19)22(33)6-12-30(13-7-22)20(32)17-29-10-3-11-31(15-14-29)21-27-8-2-9-28-21/h1-2,4-5,8-9,16,33H,3,6-7,10-15,17H2. The van der Waals surface area contributed by atoms with Crippen LogP contribution in [0.3, 0.4) is 0 Å². The topological polar surface area (TPSA) is 72.8 Å². The third-order valence-corrected chi connectivity index (χ3v) is 6.45. The molecule has 0 bridgehead atoms. The van der Waals surface area contributed by atoms with Gasteiger partial charge in [0.2, 0.25) is 11.9 Å². The molecular formula is C23H28F3N5O2. The predicted molar refractivity (Wildman–Crippen MR) is 116 cm³/mol. The van der Waals surface area contributed by atoms with Crippen molar-refractivity contribution in [3.63, 3.8) is 0 Å². The number of carbonyl (C=O) groups excluding carboxylic acids is 1. The maximum atomic E-state index is 13.1. The highest BCUT2D eigenvalue weighted by molar-refractivity contribution is 5.78. The summed E-state index contributed by atoms with van der Waals surface area (Å²) in [5.41, 5.74) is -1.89. The van der Waals surface area contributed by atoms with Gasteiger partial charge in [0.25, 0.3) is 0 Å². The number of halogens is 3. The van der Waals surface area contributed by atoms with Gasteiger partial charge in [-0.2, -0.15) is 13.2 Å². The number of amides is 1. The number of likely N-dealkylation sites (tertiary alicyclic amines) is 1. The summed E-state index contributed by atoms with van der Waals surface area (Å²) >= 11 is 0. The molecule has 2 fully saturated rings. The summed E-state index contributed by atoms with van der Waals surface area (Å²) in [5.74, 6) is 0.668. The Morgan fingerprint density at radius 2 is 1.73 bits per heavy atom. The molecule has 0 unspecified atom stereocenters. The molecule has 10 heteroatoms. The number of alkyl halides is 3. The van der Waals surface area contributed by atoms with E-state index in [1.165, 1.54) is 12.1 Å². The van der Waals surface area contributed by atoms with Crippen molar-refractivity contribution in [2.45, 2.75) is 31.0 Å². The summed E-state index contributed by atoms with van der Waals surface area (Å²) in [6, 6.07) is 6.62. The van der Waals surface area contributed by atoms with Crippen molar-refractivity contribution >= 4 is 11.9 Å². The van der Waals surface area contributed by atoms with Crippen molar-refractivity contribution in [3.8, 4) is 0 Å². The Kier molecular flexibility index (Phi) is 6.85. The highest BCUT2D eigenvalue weighted by Crippen LogP contribution is 2.36. The van der Waals surface area contributed by atoms with Crippen LogP contribution in [0.15, 0.2) is 42.7 Å². The van der Waals surface area contributed by atoms with E-state index in [0.717, 1.165) is 38.2 Å². The van der Waals surface area contributed by atoms with Crippen LogP contribution in [0.1, 0.15) is 30.4 Å². The van der Waals surface area contributed by atoms with Crippen LogP contribution in [-0.2, 0) is 16.6 Å². The van der Waals surface area contributed by atoms with E-state index in [0.29, 0.717) is 25.6 Å². The van der Waals surface area contributed by atoms with Crippen molar-refractivity contribution in [2.24, 2.45) is 0 Å². The zero-order valence-corrected chi connectivity index (χ0v) is 18.3. The molecule has 1 aromatic carbocycles. The Hall–Kier alpha value is -2.72. The van der Waals surface area contributed by atoms with Gasteiger partial charge >= 0.3 is 6.18 Å². The lowest BCUT2D eigenvalue weighted by Gasteiger charge is -2.39. The fourth-order valence-electron chi connectivity index (χ4n) is 4.47. The van der Waals surface area contributed by atoms with Gasteiger partial charge < -0.3 is 14.9 Å². The highest BCUT2D eigenvalue weighted by Gasteiger charge is 2.38. The molecule has 0 saturated carbocycles. The van der Waals surface area contributed by atoms with Crippen molar-refractivity contribution in [1.29, 1.82) is 0 Å². The van der Waals surface area contributed by atoms with Gasteiger partial charge in [0, 0.05) is 51.7 Å². The summed E-state index contributed by atoms with van der Waals surface area (Å²) in [7, 11) is 0. The molecule has 178 valence electrons. The highest BCUT2D eigenvalue weighted by atomic mass is 19.4. The minimum atomic E-state index is -4.46. The first-order valence-corrected chi connectivity index (χ1v) is 11.2. The number of nitrogens with zero attached hydrogens (tertiary/aromatic N) is 5. The first-order valence-electron chi connectivity index (χ1n) is 11.2. The number of hydrogen-bond acceptors (Lipinski definition) is 6. The summed E-state index contributed by atoms with van der Waals surface area (Å²) in [5, 5.41) is 11.0. The molecule has 3 heterocycles. The molecule has 1 aromatic heterocycles. The molecule has 2 aromatic rings. The minimum absolute atomic E-state index is 0.0227. The fourth-order valence-corrected chi connectivity index (χ4v) is 4.47. The van der Waals surface area contributed by atoms with Crippen LogP contribution in [0.25, 0.3) is 0 Å². The van der Waals surface area contributed by atoms with E-state index in [1.807, 2.05) is 0 Å². The van der Waals surface area contributed by atoms with Crippen molar-refractivity contribution in [2.75, 3.05) is 50.7 Å². The van der Waals surface area contributed by atoms with Gasteiger partial charge in [0.15, 0.2) is 0 Å². The largest absolute Gasteiger partial charge is 0.416 e. The van der Waals surface area contributed by atoms with E-state index in [1.54, 1.807) is 23.4 Å². The number of anilines is 1. The van der Waals surface area contributed by atoms with Crippen LogP contribution in [0, 0.1) is 0 Å². The number of hydrogen-bond donors (Lipinski definition) is 1. The lowest BCUT2D eigenvalue weighted by Crippen LogP contribution is -2.48. The molecular weight excluding hydrogens is 435 g/mol. The van der Waals surface area contributed by atoms with E-state index in [9.17, 15) is 23.1 Å². The van der Waals surface area contributed by atoms with Gasteiger partial charge in [-0.25, -0.2) is 9.97 Å². The first-order chi connectivity index (χ1) is 15.7. The van der Waals surface area contributed by atoms with E-state index in [-0.39, 0.29) is 30.9 Å². The first kappa shape index (κ1) is 23.4. The molecule has 2 aliphatic rings. The summed E-state index contributed by atoms with van der Waals surface area (Å²) < 4.78 is 39.2. The van der Waals surface area contributed by atoms with Crippen LogP contribution in [0.5, 0.6) is 0 Å². The number of piperidine rings is 1. The van der Waals surface area contributed by atoms with Crippen LogP contribution >= 0.6 is 0 Å². The predicted octanol–water partition coefficient (Wildman–Crippen LogP) is 2.52. The SMILES string of the molecule is O=C(CN1CCCN(c2ncccn2)CC1)N1CCC(O)(c2cccc(C(F)(F)F)c2)CC1. The molecule has 33 heavy (non-hydrogen) atoms. The average Bonchev–Trinajstić information content (AvgIpc) is 3.05. The maximum Gasteiger partial charge on any atom is 0.416 e. The number of benzene rings is 1. The molecule has 0 spiro atoms. The number of aliphatic hydroxyl groups is 1. The van der Waals surface area contributed by atoms with E-state index < -0.39 is 17.3 Å². The summed E-state index contributed by atoms with van der Waals surface area (Å²) in [6.07, 6.45) is 0.272. The van der Waals surface area contributed by atoms with Gasteiger partial charge in [-0.1, -0.05) is 12.1 Å². The Bertz CT molecular complexity index is 949.